The third kappa shape index (κ3) is 1.63. The van der Waals surface area contributed by atoms with Crippen molar-refractivity contribution in [2.45, 2.75) is 13.3 Å². The molecule has 0 saturated heterocycles. The van der Waals surface area contributed by atoms with Crippen molar-refractivity contribution in [3.05, 3.63) is 22.9 Å². The summed E-state index contributed by atoms with van der Waals surface area (Å²) < 4.78 is 25.1. The second kappa shape index (κ2) is 3.57. The summed E-state index contributed by atoms with van der Waals surface area (Å²) in [5, 5.41) is 0. The molecule has 1 rings (SSSR count). The Hall–Kier alpha value is -1.72. The number of halogens is 2. The minimum Gasteiger partial charge on any atom is -0.383 e. The number of carbonyl (C=O) groups is 1. The van der Waals surface area contributed by atoms with E-state index in [1.807, 2.05) is 0 Å². The van der Waals surface area contributed by atoms with Crippen LogP contribution in [0.5, 0.6) is 0 Å². The smallest absolute Gasteiger partial charge is 0.265 e. The highest BCUT2D eigenvalue weighted by Crippen LogP contribution is 2.28. The zero-order valence-electron chi connectivity index (χ0n) is 7.42. The number of pyridine rings is 1. The van der Waals surface area contributed by atoms with Crippen LogP contribution in [0.3, 0.4) is 0 Å². The number of aryl methyl sites for hydroxylation is 1. The van der Waals surface area contributed by atoms with E-state index in [4.69, 9.17) is 11.5 Å². The molecule has 6 heteroatoms. The fraction of sp³-hybridized carbons (Fsp3) is 0.250. The van der Waals surface area contributed by atoms with Gasteiger partial charge in [-0.2, -0.15) is 0 Å². The van der Waals surface area contributed by atoms with Crippen LogP contribution in [0, 0.1) is 6.92 Å². The second-order valence-corrected chi connectivity index (χ2v) is 2.78. The van der Waals surface area contributed by atoms with Crippen molar-refractivity contribution in [3.63, 3.8) is 0 Å². The van der Waals surface area contributed by atoms with Gasteiger partial charge in [-0.25, -0.2) is 13.8 Å². The van der Waals surface area contributed by atoms with Gasteiger partial charge in [0.05, 0.1) is 5.56 Å². The Balaban J connectivity index is 3.50. The van der Waals surface area contributed by atoms with Gasteiger partial charge in [-0.3, -0.25) is 4.79 Å². The van der Waals surface area contributed by atoms with Crippen molar-refractivity contribution < 1.29 is 13.6 Å². The molecule has 0 aliphatic rings. The molecule has 0 fully saturated rings. The minimum absolute atomic E-state index is 0.197. The highest BCUT2D eigenvalue weighted by Gasteiger charge is 2.22. The highest BCUT2D eigenvalue weighted by atomic mass is 19.3. The van der Waals surface area contributed by atoms with Crippen molar-refractivity contribution in [2.24, 2.45) is 5.73 Å². The van der Waals surface area contributed by atoms with Gasteiger partial charge < -0.3 is 11.5 Å². The molecule has 1 aromatic heterocycles. The third-order valence-corrected chi connectivity index (χ3v) is 1.81. The first-order valence-corrected chi connectivity index (χ1v) is 3.78. The maximum Gasteiger partial charge on any atom is 0.265 e. The van der Waals surface area contributed by atoms with E-state index in [1.165, 1.54) is 13.1 Å². The van der Waals surface area contributed by atoms with Gasteiger partial charge in [0, 0.05) is 11.8 Å². The van der Waals surface area contributed by atoms with Crippen molar-refractivity contribution in [2.75, 3.05) is 5.73 Å². The number of anilines is 1. The summed E-state index contributed by atoms with van der Waals surface area (Å²) in [7, 11) is 0. The normalized spacial score (nSPS) is 10.6. The first kappa shape index (κ1) is 10.4. The predicted molar refractivity (Wildman–Crippen MR) is 46.9 cm³/mol. The Morgan fingerprint density at radius 2 is 2.14 bits per heavy atom. The molecule has 1 aromatic rings. The molecule has 0 spiro atoms. The van der Waals surface area contributed by atoms with Crippen LogP contribution in [0.2, 0.25) is 0 Å². The fourth-order valence-electron chi connectivity index (χ4n) is 1.18. The summed E-state index contributed by atoms with van der Waals surface area (Å²) in [5.41, 5.74) is 9.58. The van der Waals surface area contributed by atoms with Gasteiger partial charge in [-0.15, -0.1) is 0 Å². The summed E-state index contributed by atoms with van der Waals surface area (Å²) in [4.78, 5) is 14.5. The molecular formula is C8H9F2N3O. The molecular weight excluding hydrogens is 192 g/mol. The number of amides is 1. The number of aromatic nitrogens is 1. The number of hydrogen-bond donors (Lipinski definition) is 2. The number of alkyl halides is 2. The summed E-state index contributed by atoms with van der Waals surface area (Å²) in [5.74, 6) is -1.26. The maximum atomic E-state index is 12.5. The molecule has 0 radical (unpaired) electrons. The quantitative estimate of drug-likeness (QED) is 0.749. The lowest BCUT2D eigenvalue weighted by molar-refractivity contribution is 0.0986. The largest absolute Gasteiger partial charge is 0.383 e. The Labute approximate surface area is 78.9 Å². The molecule has 0 atom stereocenters. The van der Waals surface area contributed by atoms with Crippen LogP contribution in [0.4, 0.5) is 14.6 Å². The monoisotopic (exact) mass is 201 g/mol. The second-order valence-electron chi connectivity index (χ2n) is 2.78. The van der Waals surface area contributed by atoms with Gasteiger partial charge >= 0.3 is 0 Å². The molecule has 76 valence electrons. The van der Waals surface area contributed by atoms with E-state index in [0.29, 0.717) is 0 Å². The molecule has 0 saturated carbocycles. The van der Waals surface area contributed by atoms with Crippen LogP contribution in [-0.4, -0.2) is 10.9 Å². The van der Waals surface area contributed by atoms with Gasteiger partial charge in [-0.05, 0) is 12.5 Å². The van der Waals surface area contributed by atoms with Gasteiger partial charge in [0.1, 0.15) is 5.82 Å². The van der Waals surface area contributed by atoms with Crippen LogP contribution in [0.1, 0.15) is 27.9 Å². The lowest BCUT2D eigenvalue weighted by atomic mass is 10.0. The third-order valence-electron chi connectivity index (χ3n) is 1.81. The van der Waals surface area contributed by atoms with Crippen molar-refractivity contribution in [1.29, 1.82) is 0 Å². The molecule has 0 aliphatic heterocycles. The average molecular weight is 201 g/mol. The first-order chi connectivity index (χ1) is 6.45. The van der Waals surface area contributed by atoms with E-state index >= 15 is 0 Å². The Morgan fingerprint density at radius 1 is 1.57 bits per heavy atom. The number of hydrogen-bond acceptors (Lipinski definition) is 3. The predicted octanol–water partition coefficient (Wildman–Crippen LogP) is 1.01. The number of primary amides is 1. The molecule has 1 amide bonds. The van der Waals surface area contributed by atoms with Gasteiger partial charge in [-0.1, -0.05) is 0 Å². The molecule has 4 N–H and O–H groups in total. The number of rotatable bonds is 2. The van der Waals surface area contributed by atoms with Crippen LogP contribution in [0.25, 0.3) is 0 Å². The van der Waals surface area contributed by atoms with Crippen LogP contribution in [-0.2, 0) is 0 Å². The molecule has 0 unspecified atom stereocenters. The Morgan fingerprint density at radius 3 is 2.50 bits per heavy atom. The lowest BCUT2D eigenvalue weighted by Crippen LogP contribution is -2.18. The van der Waals surface area contributed by atoms with E-state index in [1.54, 1.807) is 0 Å². The van der Waals surface area contributed by atoms with E-state index in [0.717, 1.165) is 0 Å². The molecule has 0 aliphatic carbocycles. The number of carbonyl (C=O) groups excluding carboxylic acids is 1. The zero-order chi connectivity index (χ0) is 10.9. The maximum absolute atomic E-state index is 12.5. The summed E-state index contributed by atoms with van der Waals surface area (Å²) in [6.45, 7) is 1.42. The van der Waals surface area contributed by atoms with E-state index in [9.17, 15) is 13.6 Å². The first-order valence-electron chi connectivity index (χ1n) is 3.78. The van der Waals surface area contributed by atoms with E-state index in [-0.39, 0.29) is 16.9 Å². The van der Waals surface area contributed by atoms with E-state index < -0.39 is 17.9 Å². The molecule has 14 heavy (non-hydrogen) atoms. The number of nitrogens with zero attached hydrogens (tertiary/aromatic N) is 1. The number of nitrogen functional groups attached to an aromatic ring is 1. The molecule has 4 nitrogen and oxygen atoms in total. The molecule has 0 aromatic carbocycles. The van der Waals surface area contributed by atoms with Gasteiger partial charge in [0.2, 0.25) is 0 Å². The lowest BCUT2D eigenvalue weighted by Gasteiger charge is -2.10. The minimum atomic E-state index is -2.79. The van der Waals surface area contributed by atoms with Gasteiger partial charge in [0.25, 0.3) is 12.3 Å². The van der Waals surface area contributed by atoms with Crippen LogP contribution in [0.15, 0.2) is 6.20 Å². The summed E-state index contributed by atoms with van der Waals surface area (Å²) in [6, 6.07) is 0. The Kier molecular flexibility index (Phi) is 2.64. The van der Waals surface area contributed by atoms with Crippen molar-refractivity contribution in [1.82, 2.24) is 4.98 Å². The average Bonchev–Trinajstić information content (AvgIpc) is 2.07. The van der Waals surface area contributed by atoms with Crippen LogP contribution >= 0.6 is 0 Å². The molecule has 1 heterocycles. The summed E-state index contributed by atoms with van der Waals surface area (Å²) in [6.07, 6.45) is -1.61. The Bertz CT molecular complexity index is 379. The molecule has 0 bridgehead atoms. The van der Waals surface area contributed by atoms with E-state index in [2.05, 4.69) is 4.98 Å². The standard InChI is InChI=1S/C8H9F2N3O/c1-3-2-13-7(11)5(8(12)14)4(3)6(9)10/h2,6H,1H3,(H2,11,13)(H2,12,14). The fourth-order valence-corrected chi connectivity index (χ4v) is 1.18. The van der Waals surface area contributed by atoms with Gasteiger partial charge in [0.15, 0.2) is 0 Å². The number of nitrogens with two attached hydrogens (primary N) is 2. The zero-order valence-corrected chi connectivity index (χ0v) is 7.42. The van der Waals surface area contributed by atoms with Crippen molar-refractivity contribution >= 4 is 11.7 Å². The SMILES string of the molecule is Cc1cnc(N)c(C(N)=O)c1C(F)F. The topological polar surface area (TPSA) is 82.0 Å². The summed E-state index contributed by atoms with van der Waals surface area (Å²) >= 11 is 0. The van der Waals surface area contributed by atoms with Crippen molar-refractivity contribution in [3.8, 4) is 0 Å². The van der Waals surface area contributed by atoms with Crippen LogP contribution < -0.4 is 11.5 Å². The highest BCUT2D eigenvalue weighted by molar-refractivity contribution is 5.99.